The summed E-state index contributed by atoms with van der Waals surface area (Å²) in [7, 11) is 1.42. The standard InChI is InChI=1S/C9H15NO3/c1-12-7(11)9(5-10)4-8(9)2-3-13-6-8/h2-6,10H2,1H3/t8-,9+/m1/s1. The number of hydrogen-bond donors (Lipinski definition) is 1. The van der Waals surface area contributed by atoms with E-state index in [1.807, 2.05) is 0 Å². The summed E-state index contributed by atoms with van der Waals surface area (Å²) < 4.78 is 10.1. The summed E-state index contributed by atoms with van der Waals surface area (Å²) in [5, 5.41) is 0. The van der Waals surface area contributed by atoms with E-state index in [-0.39, 0.29) is 11.4 Å². The van der Waals surface area contributed by atoms with Crippen LogP contribution in [-0.2, 0) is 14.3 Å². The topological polar surface area (TPSA) is 61.5 Å². The number of rotatable bonds is 2. The number of hydrogen-bond acceptors (Lipinski definition) is 4. The summed E-state index contributed by atoms with van der Waals surface area (Å²) >= 11 is 0. The lowest BCUT2D eigenvalue weighted by Crippen LogP contribution is -2.33. The van der Waals surface area contributed by atoms with E-state index in [0.29, 0.717) is 13.2 Å². The Labute approximate surface area is 77.4 Å². The highest BCUT2D eigenvalue weighted by Gasteiger charge is 2.72. The molecule has 4 nitrogen and oxygen atoms in total. The molecule has 13 heavy (non-hydrogen) atoms. The molecule has 2 atom stereocenters. The van der Waals surface area contributed by atoms with Crippen molar-refractivity contribution in [2.45, 2.75) is 12.8 Å². The lowest BCUT2D eigenvalue weighted by Gasteiger charge is -2.16. The lowest BCUT2D eigenvalue weighted by atomic mass is 9.92. The monoisotopic (exact) mass is 185 g/mol. The minimum Gasteiger partial charge on any atom is -0.469 e. The maximum atomic E-state index is 11.5. The van der Waals surface area contributed by atoms with Crippen LogP contribution < -0.4 is 5.73 Å². The number of nitrogens with two attached hydrogens (primary N) is 1. The SMILES string of the molecule is COC(=O)[C@@]1(CN)C[C@@]12CCOC2. The maximum absolute atomic E-state index is 11.5. The summed E-state index contributed by atoms with van der Waals surface area (Å²) in [4.78, 5) is 11.5. The third-order valence-electron chi connectivity index (χ3n) is 3.56. The molecule has 1 heterocycles. The molecule has 0 bridgehead atoms. The van der Waals surface area contributed by atoms with E-state index in [4.69, 9.17) is 15.2 Å². The van der Waals surface area contributed by atoms with E-state index in [1.54, 1.807) is 0 Å². The highest BCUT2D eigenvalue weighted by atomic mass is 16.5. The van der Waals surface area contributed by atoms with Crippen molar-refractivity contribution in [2.24, 2.45) is 16.6 Å². The zero-order valence-electron chi connectivity index (χ0n) is 7.84. The molecular formula is C9H15NO3. The molecule has 0 unspecified atom stereocenters. The van der Waals surface area contributed by atoms with Crippen molar-refractivity contribution in [3.63, 3.8) is 0 Å². The second-order valence-corrected chi connectivity index (χ2v) is 4.04. The van der Waals surface area contributed by atoms with E-state index in [2.05, 4.69) is 0 Å². The molecule has 74 valence electrons. The molecule has 0 aromatic heterocycles. The Bertz CT molecular complexity index is 235. The minimum absolute atomic E-state index is 0.00877. The predicted molar refractivity (Wildman–Crippen MR) is 46.0 cm³/mol. The highest BCUT2D eigenvalue weighted by molar-refractivity contribution is 5.82. The van der Waals surface area contributed by atoms with Crippen molar-refractivity contribution >= 4 is 5.97 Å². The fourth-order valence-corrected chi connectivity index (χ4v) is 2.51. The van der Waals surface area contributed by atoms with Gasteiger partial charge in [-0.25, -0.2) is 0 Å². The summed E-state index contributed by atoms with van der Waals surface area (Å²) in [6, 6.07) is 0. The molecule has 1 aliphatic heterocycles. The van der Waals surface area contributed by atoms with Crippen molar-refractivity contribution in [1.82, 2.24) is 0 Å². The number of carbonyl (C=O) groups excluding carboxylic acids is 1. The normalized spacial score (nSPS) is 42.3. The molecule has 2 rings (SSSR count). The van der Waals surface area contributed by atoms with Gasteiger partial charge in [0.2, 0.25) is 0 Å². The van der Waals surface area contributed by atoms with Crippen LogP contribution in [0.2, 0.25) is 0 Å². The second-order valence-electron chi connectivity index (χ2n) is 4.04. The Kier molecular flexibility index (Phi) is 1.85. The van der Waals surface area contributed by atoms with Crippen molar-refractivity contribution < 1.29 is 14.3 Å². The van der Waals surface area contributed by atoms with Crippen LogP contribution in [0.1, 0.15) is 12.8 Å². The maximum Gasteiger partial charge on any atom is 0.313 e. The molecule has 0 amide bonds. The molecule has 4 heteroatoms. The Balaban J connectivity index is 2.17. The third kappa shape index (κ3) is 0.957. The molecule has 1 saturated heterocycles. The Hall–Kier alpha value is -0.610. The third-order valence-corrected chi connectivity index (χ3v) is 3.56. The molecule has 2 aliphatic rings. The van der Waals surface area contributed by atoms with E-state index in [0.717, 1.165) is 19.4 Å². The van der Waals surface area contributed by atoms with Crippen LogP contribution >= 0.6 is 0 Å². The molecule has 1 spiro atoms. The summed E-state index contributed by atoms with van der Waals surface area (Å²) in [6.07, 6.45) is 1.78. The van der Waals surface area contributed by atoms with Gasteiger partial charge in [0.05, 0.1) is 19.1 Å². The first kappa shape index (κ1) is 8.97. The molecule has 2 fully saturated rings. The quantitative estimate of drug-likeness (QED) is 0.611. The van der Waals surface area contributed by atoms with Crippen molar-refractivity contribution in [3.8, 4) is 0 Å². The van der Waals surface area contributed by atoms with Crippen LogP contribution in [-0.4, -0.2) is 32.8 Å². The van der Waals surface area contributed by atoms with Gasteiger partial charge in [-0.2, -0.15) is 0 Å². The van der Waals surface area contributed by atoms with E-state index >= 15 is 0 Å². The molecule has 1 saturated carbocycles. The van der Waals surface area contributed by atoms with Gasteiger partial charge in [-0.15, -0.1) is 0 Å². The molecule has 0 radical (unpaired) electrons. The van der Waals surface area contributed by atoms with Gasteiger partial charge in [0.25, 0.3) is 0 Å². The van der Waals surface area contributed by atoms with Crippen molar-refractivity contribution in [1.29, 1.82) is 0 Å². The van der Waals surface area contributed by atoms with Gasteiger partial charge in [-0.05, 0) is 12.8 Å². The van der Waals surface area contributed by atoms with Gasteiger partial charge in [0.15, 0.2) is 0 Å². The van der Waals surface area contributed by atoms with Gasteiger partial charge in [-0.3, -0.25) is 4.79 Å². The Morgan fingerprint density at radius 3 is 2.92 bits per heavy atom. The Morgan fingerprint density at radius 1 is 1.69 bits per heavy atom. The summed E-state index contributed by atoms with van der Waals surface area (Å²) in [5.74, 6) is -0.166. The number of esters is 1. The first-order chi connectivity index (χ1) is 6.21. The average Bonchev–Trinajstić information content (AvgIpc) is 2.52. The van der Waals surface area contributed by atoms with E-state index in [1.165, 1.54) is 7.11 Å². The van der Waals surface area contributed by atoms with Crippen LogP contribution in [0.25, 0.3) is 0 Å². The first-order valence-corrected chi connectivity index (χ1v) is 4.57. The number of methoxy groups -OCH3 is 1. The molecule has 0 aromatic carbocycles. The fraction of sp³-hybridized carbons (Fsp3) is 0.889. The first-order valence-electron chi connectivity index (χ1n) is 4.57. The highest BCUT2D eigenvalue weighted by Crippen LogP contribution is 2.67. The smallest absolute Gasteiger partial charge is 0.313 e. The largest absolute Gasteiger partial charge is 0.469 e. The van der Waals surface area contributed by atoms with Gasteiger partial charge in [-0.1, -0.05) is 0 Å². The number of carbonyl (C=O) groups is 1. The van der Waals surface area contributed by atoms with Crippen LogP contribution in [0, 0.1) is 10.8 Å². The zero-order chi connectivity index (χ0) is 9.53. The molecule has 1 aliphatic carbocycles. The minimum atomic E-state index is -0.432. The van der Waals surface area contributed by atoms with Gasteiger partial charge in [0.1, 0.15) is 0 Å². The van der Waals surface area contributed by atoms with E-state index in [9.17, 15) is 4.79 Å². The van der Waals surface area contributed by atoms with Crippen LogP contribution in [0.4, 0.5) is 0 Å². The van der Waals surface area contributed by atoms with Crippen LogP contribution in [0.15, 0.2) is 0 Å². The van der Waals surface area contributed by atoms with Gasteiger partial charge in [0, 0.05) is 18.6 Å². The van der Waals surface area contributed by atoms with E-state index < -0.39 is 5.41 Å². The van der Waals surface area contributed by atoms with Crippen molar-refractivity contribution in [3.05, 3.63) is 0 Å². The molecular weight excluding hydrogens is 170 g/mol. The lowest BCUT2D eigenvalue weighted by molar-refractivity contribution is -0.148. The fourth-order valence-electron chi connectivity index (χ4n) is 2.51. The zero-order valence-corrected chi connectivity index (χ0v) is 7.84. The average molecular weight is 185 g/mol. The molecule has 0 aromatic rings. The number of ether oxygens (including phenoxy) is 2. The van der Waals surface area contributed by atoms with Gasteiger partial charge >= 0.3 is 5.97 Å². The predicted octanol–water partition coefficient (Wildman–Crippen LogP) is -0.0851. The van der Waals surface area contributed by atoms with Gasteiger partial charge < -0.3 is 15.2 Å². The summed E-state index contributed by atoms with van der Waals surface area (Å²) in [5.41, 5.74) is 5.22. The molecule has 2 N–H and O–H groups in total. The van der Waals surface area contributed by atoms with Crippen LogP contribution in [0.3, 0.4) is 0 Å². The summed E-state index contributed by atoms with van der Waals surface area (Å²) in [6.45, 7) is 1.79. The second kappa shape index (κ2) is 2.69. The van der Waals surface area contributed by atoms with Crippen LogP contribution in [0.5, 0.6) is 0 Å². The Morgan fingerprint density at radius 2 is 2.46 bits per heavy atom. The van der Waals surface area contributed by atoms with Crippen molar-refractivity contribution in [2.75, 3.05) is 26.9 Å².